The van der Waals surface area contributed by atoms with Crippen LogP contribution >= 0.6 is 0 Å². The zero-order chi connectivity index (χ0) is 50.0. The molecule has 8 heteroatoms. The van der Waals surface area contributed by atoms with Gasteiger partial charge in [0.15, 0.2) is 0 Å². The van der Waals surface area contributed by atoms with Gasteiger partial charge in [-0.3, -0.25) is 0 Å². The maximum atomic E-state index is 15.2. The number of nitrogens with zero attached hydrogens (tertiary/aromatic N) is 4. The van der Waals surface area contributed by atoms with Crippen molar-refractivity contribution in [3.63, 3.8) is 0 Å². The van der Waals surface area contributed by atoms with Gasteiger partial charge in [0.2, 0.25) is 5.69 Å². The molecular formula is C65H54F2N4OPt+2. The monoisotopic (exact) mass is 1140 g/mol. The number of hydrogen-bond donors (Lipinski definition) is 0. The van der Waals surface area contributed by atoms with Crippen LogP contribution in [0.4, 0.5) is 31.5 Å². The number of rotatable bonds is 10. The third-order valence-corrected chi connectivity index (χ3v) is 13.8. The first-order valence-electron chi connectivity index (χ1n) is 24.6. The molecule has 0 fully saturated rings. The minimum absolute atomic E-state index is 0. The zero-order valence-electron chi connectivity index (χ0n) is 42.1. The summed E-state index contributed by atoms with van der Waals surface area (Å²) in [7, 11) is 0. The van der Waals surface area contributed by atoms with E-state index in [0.29, 0.717) is 28.3 Å². The zero-order valence-corrected chi connectivity index (χ0v) is 44.4. The summed E-state index contributed by atoms with van der Waals surface area (Å²) < 4.78 is 43.6. The molecule has 0 radical (unpaired) electrons. The summed E-state index contributed by atoms with van der Waals surface area (Å²) in [5.41, 5.74) is 14.5. The van der Waals surface area contributed by atoms with Crippen LogP contribution < -0.4 is 13.9 Å². The van der Waals surface area contributed by atoms with Gasteiger partial charge in [-0.2, -0.15) is 6.07 Å². The van der Waals surface area contributed by atoms with Crippen LogP contribution in [0.15, 0.2) is 170 Å². The Hall–Kier alpha value is -7.56. The van der Waals surface area contributed by atoms with Crippen LogP contribution in [0.2, 0.25) is 0 Å². The fraction of sp³-hybridized carbons (Fsp3) is 0.169. The van der Waals surface area contributed by atoms with Crippen LogP contribution in [0.1, 0.15) is 82.6 Å². The van der Waals surface area contributed by atoms with Crippen molar-refractivity contribution < 1.29 is 34.6 Å². The van der Waals surface area contributed by atoms with Gasteiger partial charge in [-0.25, -0.2) is 13.8 Å². The molecule has 11 rings (SSSR count). The maximum Gasteiger partial charge on any atom is 2.00 e. The first kappa shape index (κ1) is 49.0. The Morgan fingerprint density at radius 2 is 1.21 bits per heavy atom. The summed E-state index contributed by atoms with van der Waals surface area (Å²) >= 11 is 0. The summed E-state index contributed by atoms with van der Waals surface area (Å²) in [6, 6.07) is 64.7. The normalized spacial score (nSPS) is 12.3. The van der Waals surface area contributed by atoms with Gasteiger partial charge in [0, 0.05) is 41.4 Å². The molecule has 0 atom stereocenters. The molecule has 1 aliphatic heterocycles. The fourth-order valence-electron chi connectivity index (χ4n) is 9.92. The summed E-state index contributed by atoms with van der Waals surface area (Å²) in [4.78, 5) is 4.89. The number of aryl methyl sites for hydroxylation is 1. The van der Waals surface area contributed by atoms with Gasteiger partial charge in [0.05, 0.1) is 11.1 Å². The van der Waals surface area contributed by atoms with Crippen molar-refractivity contribution in [2.24, 2.45) is 0 Å². The second-order valence-electron chi connectivity index (χ2n) is 20.4. The van der Waals surface area contributed by atoms with Gasteiger partial charge in [0.25, 0.3) is 11.4 Å². The number of halogens is 2. The second kappa shape index (κ2) is 19.5. The van der Waals surface area contributed by atoms with Gasteiger partial charge < -0.3 is 9.30 Å². The molecule has 8 aromatic carbocycles. The molecular weight excluding hydrogens is 1090 g/mol. The van der Waals surface area contributed by atoms with Crippen LogP contribution in [0.25, 0.3) is 61.0 Å². The third kappa shape index (κ3) is 9.29. The summed E-state index contributed by atoms with van der Waals surface area (Å²) in [6.07, 6.45) is 1.88. The Bertz CT molecular complexity index is 3830. The van der Waals surface area contributed by atoms with E-state index in [-0.39, 0.29) is 38.3 Å². The number of fused-ring (bicyclic) bond motifs is 4. The predicted molar refractivity (Wildman–Crippen MR) is 291 cm³/mol. The van der Waals surface area contributed by atoms with E-state index in [1.807, 2.05) is 63.9 Å². The molecule has 0 saturated heterocycles. The topological polar surface area (TPSA) is 33.1 Å². The van der Waals surface area contributed by atoms with Crippen LogP contribution in [-0.2, 0) is 26.5 Å². The van der Waals surface area contributed by atoms with Crippen molar-refractivity contribution >= 4 is 50.6 Å². The van der Waals surface area contributed by atoms with Crippen molar-refractivity contribution in [2.45, 2.75) is 72.6 Å². The minimum Gasteiger partial charge on any atom is -0.509 e. The number of hydrogen-bond acceptors (Lipinski definition) is 2. The van der Waals surface area contributed by atoms with E-state index in [1.54, 1.807) is 0 Å². The van der Waals surface area contributed by atoms with Gasteiger partial charge in [0.1, 0.15) is 23.1 Å². The first-order valence-corrected chi connectivity index (χ1v) is 24.6. The molecule has 0 unspecified atom stereocenters. The Morgan fingerprint density at radius 3 is 1.89 bits per heavy atom. The maximum absolute atomic E-state index is 15.2. The standard InChI is InChI=1S/C65H54F2N4O.Pt/c1-40(2)43-28-44(41(3)4)30-45(29-43)55-19-15-20-56(46-31-49(66)36-50(67)32-46)64(55)70-39-69(60-22-13-14-23-61(60)70)51-33-47(54-17-10-9-16-42(54)5)34-53(37-51)72-52-24-25-58-57-18-11-12-21-59(57)71(62(58)38-52)63-35-48(26-27-68-63)65(6,7)8;/h9-36,40-41H,1-8H3;/q;+2. The van der Waals surface area contributed by atoms with Crippen molar-refractivity contribution in [2.75, 3.05) is 0 Å². The van der Waals surface area contributed by atoms with Crippen molar-refractivity contribution in [3.8, 4) is 50.7 Å². The van der Waals surface area contributed by atoms with Crippen LogP contribution in [0.5, 0.6) is 11.5 Å². The molecule has 2 aromatic heterocycles. The predicted octanol–water partition coefficient (Wildman–Crippen LogP) is 17.6. The van der Waals surface area contributed by atoms with Gasteiger partial charge in [-0.1, -0.05) is 150 Å². The molecule has 0 amide bonds. The summed E-state index contributed by atoms with van der Waals surface area (Å²) in [6.45, 7) is 17.5. The minimum atomic E-state index is -0.652. The molecule has 3 heterocycles. The number of ether oxygens (including phenoxy) is 1. The van der Waals surface area contributed by atoms with E-state index in [0.717, 1.165) is 78.6 Å². The smallest absolute Gasteiger partial charge is 0.509 e. The van der Waals surface area contributed by atoms with E-state index in [4.69, 9.17) is 9.72 Å². The Kier molecular flexibility index (Phi) is 13.1. The number of pyridine rings is 1. The van der Waals surface area contributed by atoms with Gasteiger partial charge >= 0.3 is 27.1 Å². The van der Waals surface area contributed by atoms with Crippen LogP contribution in [0.3, 0.4) is 0 Å². The molecule has 73 heavy (non-hydrogen) atoms. The van der Waals surface area contributed by atoms with Crippen molar-refractivity contribution in [1.29, 1.82) is 0 Å². The molecule has 0 N–H and O–H groups in total. The third-order valence-electron chi connectivity index (χ3n) is 13.8. The Balaban J connectivity index is 0.00000611. The molecule has 0 bridgehead atoms. The quantitative estimate of drug-likeness (QED) is 0.101. The van der Waals surface area contributed by atoms with E-state index in [1.165, 1.54) is 28.8 Å². The van der Waals surface area contributed by atoms with Crippen molar-refractivity contribution in [1.82, 2.24) is 18.7 Å². The molecule has 5 nitrogen and oxygen atoms in total. The Labute approximate surface area is 440 Å². The van der Waals surface area contributed by atoms with Crippen LogP contribution in [-0.4, -0.2) is 15.6 Å². The van der Waals surface area contributed by atoms with Crippen molar-refractivity contribution in [3.05, 3.63) is 216 Å². The molecule has 1 aliphatic rings. The SMILES string of the molecule is Cc1ccccc1-c1cc(Oc2[c-]c3c(cc2)c2ccccc2n3-c2cc(C(C)(C)C)ccn2)[c-]c([N+]2=C=[N+](c3c(-c4cc(F)cc(F)c4)cccc3-c3cc(C(C)C)cc(C(C)C)c3)c3ccccc32)c1.[Pt+2]. The number of para-hydroxylation sites is 4. The molecule has 362 valence electrons. The van der Waals surface area contributed by atoms with E-state index in [9.17, 15) is 0 Å². The molecule has 0 saturated carbocycles. The van der Waals surface area contributed by atoms with Crippen LogP contribution in [0, 0.1) is 30.7 Å². The number of benzene rings is 8. The molecule has 0 spiro atoms. The summed E-state index contributed by atoms with van der Waals surface area (Å²) in [5, 5.41) is 2.13. The molecule has 10 aromatic rings. The average Bonchev–Trinajstić information content (AvgIpc) is 3.91. The second-order valence-corrected chi connectivity index (χ2v) is 20.4. The summed E-state index contributed by atoms with van der Waals surface area (Å²) in [5.74, 6) is 1.05. The van der Waals surface area contributed by atoms with Gasteiger partial charge in [-0.05, 0) is 116 Å². The van der Waals surface area contributed by atoms with Gasteiger partial charge in [-0.15, -0.1) is 29.1 Å². The van der Waals surface area contributed by atoms with E-state index in [2.05, 4.69) is 175 Å². The average molecular weight is 1140 g/mol. The van der Waals surface area contributed by atoms with E-state index < -0.39 is 11.6 Å². The van der Waals surface area contributed by atoms with E-state index >= 15 is 8.78 Å². The Morgan fingerprint density at radius 1 is 0.589 bits per heavy atom. The number of aromatic nitrogens is 2. The molecule has 0 aliphatic carbocycles. The largest absolute Gasteiger partial charge is 2.00 e. The fourth-order valence-corrected chi connectivity index (χ4v) is 9.92. The first-order chi connectivity index (χ1) is 34.7.